The Morgan fingerprint density at radius 3 is 1.51 bits per heavy atom. The predicted octanol–water partition coefficient (Wildman–Crippen LogP) is 6.69. The van der Waals surface area contributed by atoms with Crippen LogP contribution in [0.2, 0.25) is 0 Å². The smallest absolute Gasteiger partial charge is 0.305 e. The Labute approximate surface area is 221 Å². The number of hydrogen-bond donors (Lipinski definition) is 2. The molecule has 3 aromatic rings. The van der Waals surface area contributed by atoms with Gasteiger partial charge in [-0.05, 0) is 57.3 Å². The Hall–Kier alpha value is -3.60. The van der Waals surface area contributed by atoms with Crippen LogP contribution in [0.4, 0.5) is 5.69 Å². The van der Waals surface area contributed by atoms with E-state index in [4.69, 9.17) is 5.11 Å². The maximum Gasteiger partial charge on any atom is 0.305 e. The van der Waals surface area contributed by atoms with Crippen molar-refractivity contribution >= 4 is 17.6 Å². The first kappa shape index (κ1) is 28.0. The van der Waals surface area contributed by atoms with Crippen molar-refractivity contribution < 1.29 is 14.7 Å². The minimum absolute atomic E-state index is 0.0976. The largest absolute Gasteiger partial charge is 0.481 e. The second-order valence-corrected chi connectivity index (χ2v) is 11.7. The van der Waals surface area contributed by atoms with Gasteiger partial charge < -0.3 is 15.3 Å². The summed E-state index contributed by atoms with van der Waals surface area (Å²) in [5.41, 5.74) is 6.78. The number of hydrogen-bond acceptors (Lipinski definition) is 3. The monoisotopic (exact) mass is 500 g/mol. The third-order valence-corrected chi connectivity index (χ3v) is 6.51. The Morgan fingerprint density at radius 2 is 1.14 bits per heavy atom. The highest BCUT2D eigenvalue weighted by molar-refractivity contribution is 5.94. The van der Waals surface area contributed by atoms with Crippen molar-refractivity contribution in [3.63, 3.8) is 0 Å². The van der Waals surface area contributed by atoms with Crippen LogP contribution in [0.1, 0.15) is 80.6 Å². The van der Waals surface area contributed by atoms with Crippen molar-refractivity contribution in [1.29, 1.82) is 0 Å². The van der Waals surface area contributed by atoms with Gasteiger partial charge in [-0.3, -0.25) is 9.59 Å². The second kappa shape index (κ2) is 11.6. The zero-order valence-corrected chi connectivity index (χ0v) is 23.0. The average Bonchev–Trinajstić information content (AvgIpc) is 2.83. The number of benzene rings is 3. The van der Waals surface area contributed by atoms with Gasteiger partial charge in [0.2, 0.25) is 0 Å². The number of rotatable bonds is 9. The molecule has 0 saturated carbocycles. The molecule has 2 N–H and O–H groups in total. The van der Waals surface area contributed by atoms with Crippen molar-refractivity contribution in [3.8, 4) is 0 Å². The molecule has 3 aromatic carbocycles. The van der Waals surface area contributed by atoms with E-state index in [2.05, 4.69) is 100 Å². The molecule has 0 aliphatic heterocycles. The average molecular weight is 501 g/mol. The Kier molecular flexibility index (Phi) is 8.80. The molecule has 3 rings (SSSR count). The lowest BCUT2D eigenvalue weighted by atomic mass is 9.86. The Morgan fingerprint density at radius 1 is 0.703 bits per heavy atom. The molecule has 1 amide bonds. The summed E-state index contributed by atoms with van der Waals surface area (Å²) in [6.45, 7) is 14.9. The molecule has 0 radical (unpaired) electrons. The van der Waals surface area contributed by atoms with Gasteiger partial charge in [-0.25, -0.2) is 0 Å². The fraction of sp³-hybridized carbons (Fsp3) is 0.375. The van der Waals surface area contributed by atoms with E-state index in [9.17, 15) is 9.59 Å². The van der Waals surface area contributed by atoms with Crippen molar-refractivity contribution in [3.05, 3.63) is 101 Å². The van der Waals surface area contributed by atoms with Crippen molar-refractivity contribution in [1.82, 2.24) is 5.32 Å². The molecule has 0 bridgehead atoms. The molecule has 37 heavy (non-hydrogen) atoms. The van der Waals surface area contributed by atoms with E-state index < -0.39 is 5.97 Å². The van der Waals surface area contributed by atoms with Gasteiger partial charge in [0.25, 0.3) is 5.91 Å². The summed E-state index contributed by atoms with van der Waals surface area (Å²) in [6, 6.07) is 25.1. The highest BCUT2D eigenvalue weighted by Gasteiger charge is 2.16. The van der Waals surface area contributed by atoms with Crippen LogP contribution in [0.5, 0.6) is 0 Å². The number of amides is 1. The Bertz CT molecular complexity index is 1120. The summed E-state index contributed by atoms with van der Waals surface area (Å²) in [5.74, 6) is -1.20. The topological polar surface area (TPSA) is 69.6 Å². The third kappa shape index (κ3) is 8.21. The number of nitrogens with zero attached hydrogens (tertiary/aromatic N) is 1. The fourth-order valence-corrected chi connectivity index (χ4v) is 4.11. The van der Waals surface area contributed by atoms with Crippen LogP contribution in [0.25, 0.3) is 0 Å². The maximum atomic E-state index is 12.4. The van der Waals surface area contributed by atoms with Gasteiger partial charge in [-0.2, -0.15) is 0 Å². The maximum absolute atomic E-state index is 12.4. The van der Waals surface area contributed by atoms with Gasteiger partial charge in [-0.1, -0.05) is 90.1 Å². The highest BCUT2D eigenvalue weighted by atomic mass is 16.4. The van der Waals surface area contributed by atoms with Crippen LogP contribution in [-0.2, 0) is 28.7 Å². The summed E-state index contributed by atoms with van der Waals surface area (Å²) < 4.78 is 0. The molecule has 0 heterocycles. The Balaban J connectivity index is 1.82. The third-order valence-electron chi connectivity index (χ3n) is 6.51. The number of carboxylic acids is 1. The molecule has 0 aliphatic rings. The molecular formula is C32H40N2O3. The quantitative estimate of drug-likeness (QED) is 0.343. The summed E-state index contributed by atoms with van der Waals surface area (Å²) in [7, 11) is 0. The number of carboxylic acid groups (broad SMARTS) is 1. The first-order valence-electron chi connectivity index (χ1n) is 12.9. The molecule has 0 atom stereocenters. The van der Waals surface area contributed by atoms with Crippen LogP contribution in [-0.4, -0.2) is 23.5 Å². The van der Waals surface area contributed by atoms with Gasteiger partial charge in [0, 0.05) is 30.9 Å². The fourth-order valence-electron chi connectivity index (χ4n) is 4.11. The van der Waals surface area contributed by atoms with Gasteiger partial charge >= 0.3 is 5.97 Å². The lowest BCUT2D eigenvalue weighted by Crippen LogP contribution is -2.26. The second-order valence-electron chi connectivity index (χ2n) is 11.7. The summed E-state index contributed by atoms with van der Waals surface area (Å²) in [5, 5.41) is 11.4. The normalized spacial score (nSPS) is 11.7. The minimum atomic E-state index is -0.933. The molecule has 5 heteroatoms. The lowest BCUT2D eigenvalue weighted by Gasteiger charge is -2.27. The molecule has 0 fully saturated rings. The molecular weight excluding hydrogens is 460 g/mol. The SMILES string of the molecule is CC(C)(C)c1ccc(CN(Cc2ccc(C(C)(C)C)cc2)c2ccc(C(=O)NCCC(=O)O)cc2)cc1. The summed E-state index contributed by atoms with van der Waals surface area (Å²) in [6.07, 6.45) is -0.0976. The molecule has 196 valence electrons. The number of carbonyl (C=O) groups is 2. The van der Waals surface area contributed by atoms with E-state index in [0.29, 0.717) is 5.56 Å². The van der Waals surface area contributed by atoms with Gasteiger partial charge in [0.1, 0.15) is 0 Å². The van der Waals surface area contributed by atoms with Crippen LogP contribution >= 0.6 is 0 Å². The van der Waals surface area contributed by atoms with E-state index in [1.54, 1.807) is 12.1 Å². The first-order chi connectivity index (χ1) is 17.3. The standard InChI is InChI=1S/C32H40N2O3/c1-31(2,3)26-13-7-23(8-14-26)21-34(22-24-9-15-27(16-10-24)32(4,5)6)28-17-11-25(12-18-28)30(37)33-20-19-29(35)36/h7-18H,19-22H2,1-6H3,(H,33,37)(H,35,36). The van der Waals surface area contributed by atoms with Gasteiger partial charge in [0.05, 0.1) is 6.42 Å². The van der Waals surface area contributed by atoms with E-state index in [1.807, 2.05) is 12.1 Å². The molecule has 0 unspecified atom stereocenters. The zero-order chi connectivity index (χ0) is 27.2. The van der Waals surface area contributed by atoms with Crippen molar-refractivity contribution in [2.75, 3.05) is 11.4 Å². The van der Waals surface area contributed by atoms with Crippen LogP contribution in [0, 0.1) is 0 Å². The molecule has 0 saturated heterocycles. The number of nitrogens with one attached hydrogen (secondary N) is 1. The highest BCUT2D eigenvalue weighted by Crippen LogP contribution is 2.26. The van der Waals surface area contributed by atoms with E-state index in [0.717, 1.165) is 18.8 Å². The minimum Gasteiger partial charge on any atom is -0.481 e. The van der Waals surface area contributed by atoms with Crippen molar-refractivity contribution in [2.45, 2.75) is 71.9 Å². The van der Waals surface area contributed by atoms with E-state index in [-0.39, 0.29) is 29.7 Å². The number of anilines is 1. The number of carbonyl (C=O) groups excluding carboxylic acids is 1. The number of aliphatic carboxylic acids is 1. The predicted molar refractivity (Wildman–Crippen MR) is 151 cm³/mol. The summed E-state index contributed by atoms with van der Waals surface area (Å²) >= 11 is 0. The van der Waals surface area contributed by atoms with Gasteiger partial charge in [0.15, 0.2) is 0 Å². The molecule has 0 aliphatic carbocycles. The summed E-state index contributed by atoms with van der Waals surface area (Å²) in [4.78, 5) is 25.4. The van der Waals surface area contributed by atoms with Crippen LogP contribution in [0.15, 0.2) is 72.8 Å². The lowest BCUT2D eigenvalue weighted by molar-refractivity contribution is -0.136. The molecule has 5 nitrogen and oxygen atoms in total. The van der Waals surface area contributed by atoms with Gasteiger partial charge in [-0.15, -0.1) is 0 Å². The van der Waals surface area contributed by atoms with E-state index >= 15 is 0 Å². The first-order valence-corrected chi connectivity index (χ1v) is 12.9. The van der Waals surface area contributed by atoms with Crippen molar-refractivity contribution in [2.24, 2.45) is 0 Å². The van der Waals surface area contributed by atoms with E-state index in [1.165, 1.54) is 22.3 Å². The molecule has 0 aromatic heterocycles. The zero-order valence-electron chi connectivity index (χ0n) is 23.0. The molecule has 0 spiro atoms. The van der Waals surface area contributed by atoms with Crippen LogP contribution < -0.4 is 10.2 Å². The van der Waals surface area contributed by atoms with Crippen LogP contribution in [0.3, 0.4) is 0 Å².